The van der Waals surface area contributed by atoms with Gasteiger partial charge in [-0.3, -0.25) is 15.3 Å². The Kier molecular flexibility index (Phi) is 12.1. The highest BCUT2D eigenvalue weighted by atomic mass is 31.2. The summed E-state index contributed by atoms with van der Waals surface area (Å²) in [5.74, 6) is 0. The lowest BCUT2D eigenvalue weighted by molar-refractivity contribution is 0.368. The zero-order chi connectivity index (χ0) is 14.2. The van der Waals surface area contributed by atoms with Crippen molar-refractivity contribution < 1.29 is 14.7 Å². The molecule has 0 aliphatic carbocycles. The van der Waals surface area contributed by atoms with Crippen molar-refractivity contribution >= 4 is 8.60 Å². The third-order valence-electron chi connectivity index (χ3n) is 0.994. The molecule has 0 fully saturated rings. The van der Waals surface area contributed by atoms with Crippen molar-refractivity contribution in [2.24, 2.45) is 0 Å². The molecule has 0 radical (unpaired) electrons. The third kappa shape index (κ3) is 18.3. The van der Waals surface area contributed by atoms with Gasteiger partial charge in [-0.15, -0.1) is 0 Å². The first-order valence-electron chi connectivity index (χ1n) is 4.46. The standard InChI is InChI=1S/3C2H3N3.H3O3P/c3*1-3-2-5-4-1;1-4(2)3/h3*1-2H,(H,3,4,5);1-3H. The molecular weight excluding hydrogens is 277 g/mol. The number of H-pyrrole nitrogens is 3. The maximum atomic E-state index is 7.23. The normalized spacial score (nSPS) is 8.21. The second kappa shape index (κ2) is 13.8. The number of hydrogen-bond acceptors (Lipinski definition) is 9. The van der Waals surface area contributed by atoms with Gasteiger partial charge in [0.25, 0.3) is 0 Å². The number of nitrogens with zero attached hydrogens (tertiary/aromatic N) is 6. The molecule has 19 heavy (non-hydrogen) atoms. The van der Waals surface area contributed by atoms with Gasteiger partial charge in [0.05, 0.1) is 0 Å². The highest BCUT2D eigenvalue weighted by molar-refractivity contribution is 7.38. The Morgan fingerprint density at radius 2 is 0.895 bits per heavy atom. The number of nitrogens with one attached hydrogen (secondary N) is 3. The van der Waals surface area contributed by atoms with Crippen molar-refractivity contribution in [2.75, 3.05) is 0 Å². The van der Waals surface area contributed by atoms with E-state index in [9.17, 15) is 0 Å². The molecule has 0 amide bonds. The van der Waals surface area contributed by atoms with E-state index in [1.807, 2.05) is 0 Å². The van der Waals surface area contributed by atoms with E-state index in [1.54, 1.807) is 0 Å². The Balaban J connectivity index is 0.000000229. The predicted octanol–water partition coefficient (Wildman–Crippen LogP) is -1.40. The molecule has 3 aromatic rings. The van der Waals surface area contributed by atoms with Crippen LogP contribution in [0.3, 0.4) is 0 Å². The minimum Gasteiger partial charge on any atom is -0.328 e. The summed E-state index contributed by atoms with van der Waals surface area (Å²) < 4.78 is 0. The number of rotatable bonds is 0. The van der Waals surface area contributed by atoms with Gasteiger partial charge in [-0.1, -0.05) is 0 Å². The smallest absolute Gasteiger partial charge is 0.324 e. The Hall–Kier alpha value is -2.27. The molecule has 3 aromatic heterocycles. The maximum absolute atomic E-state index is 7.23. The monoisotopic (exact) mass is 289 g/mol. The number of aromatic amines is 3. The van der Waals surface area contributed by atoms with Crippen LogP contribution in [0.2, 0.25) is 0 Å². The highest BCUT2D eigenvalue weighted by Gasteiger charge is 1.76. The van der Waals surface area contributed by atoms with Crippen LogP contribution in [0, 0.1) is 0 Å². The molecule has 0 aromatic carbocycles. The fraction of sp³-hybridized carbons (Fsp3) is 0. The van der Waals surface area contributed by atoms with Crippen LogP contribution in [0.15, 0.2) is 38.0 Å². The number of aromatic nitrogens is 9. The molecule has 3 rings (SSSR count). The molecule has 0 aliphatic rings. The minimum absolute atomic E-state index is 1.44. The van der Waals surface area contributed by atoms with E-state index in [1.165, 1.54) is 38.0 Å². The summed E-state index contributed by atoms with van der Waals surface area (Å²) in [6, 6.07) is 0. The van der Waals surface area contributed by atoms with E-state index >= 15 is 0 Å². The van der Waals surface area contributed by atoms with E-state index in [0.29, 0.717) is 0 Å². The zero-order valence-electron chi connectivity index (χ0n) is 9.44. The molecule has 6 N–H and O–H groups in total. The van der Waals surface area contributed by atoms with Crippen LogP contribution in [0.5, 0.6) is 0 Å². The molecule has 0 saturated heterocycles. The third-order valence-corrected chi connectivity index (χ3v) is 0.994. The van der Waals surface area contributed by atoms with Crippen molar-refractivity contribution in [1.82, 2.24) is 45.5 Å². The van der Waals surface area contributed by atoms with Crippen LogP contribution < -0.4 is 0 Å². The van der Waals surface area contributed by atoms with Crippen molar-refractivity contribution in [2.45, 2.75) is 0 Å². The summed E-state index contributed by atoms with van der Waals surface area (Å²) in [6.45, 7) is 0. The predicted molar refractivity (Wildman–Crippen MR) is 62.7 cm³/mol. The van der Waals surface area contributed by atoms with Crippen molar-refractivity contribution in [1.29, 1.82) is 0 Å². The van der Waals surface area contributed by atoms with Crippen LogP contribution in [0.25, 0.3) is 0 Å². The van der Waals surface area contributed by atoms with E-state index in [-0.39, 0.29) is 0 Å². The fourth-order valence-corrected chi connectivity index (χ4v) is 0.500. The Labute approximate surface area is 108 Å². The van der Waals surface area contributed by atoms with Gasteiger partial charge in [-0.05, 0) is 0 Å². The number of hydrogen-bond donors (Lipinski definition) is 6. The average Bonchev–Trinajstić information content (AvgIpc) is 3.18. The van der Waals surface area contributed by atoms with Crippen molar-refractivity contribution in [3.05, 3.63) is 38.0 Å². The molecule has 0 saturated carbocycles. The molecule has 0 atom stereocenters. The zero-order valence-corrected chi connectivity index (χ0v) is 10.3. The molecule has 0 unspecified atom stereocenters. The van der Waals surface area contributed by atoms with Gasteiger partial charge in [0.2, 0.25) is 0 Å². The lowest BCUT2D eigenvalue weighted by Gasteiger charge is -1.76. The summed E-state index contributed by atoms with van der Waals surface area (Å²) in [5, 5.41) is 18.0. The largest absolute Gasteiger partial charge is 0.328 e. The van der Waals surface area contributed by atoms with E-state index in [2.05, 4.69) is 45.5 Å². The highest BCUT2D eigenvalue weighted by Crippen LogP contribution is 2.11. The maximum Gasteiger partial charge on any atom is 0.324 e. The Bertz CT molecular complexity index is 300. The summed E-state index contributed by atoms with van der Waals surface area (Å²) >= 11 is 0. The second-order valence-corrected chi connectivity index (χ2v) is 2.76. The minimum atomic E-state index is -2.62. The Morgan fingerprint density at radius 3 is 0.947 bits per heavy atom. The van der Waals surface area contributed by atoms with Gasteiger partial charge in [-0.25, -0.2) is 15.0 Å². The molecule has 0 spiro atoms. The lowest BCUT2D eigenvalue weighted by Crippen LogP contribution is -1.54. The van der Waals surface area contributed by atoms with Gasteiger partial charge in [0.15, 0.2) is 0 Å². The molecule has 3 heterocycles. The average molecular weight is 289 g/mol. The van der Waals surface area contributed by atoms with E-state index in [4.69, 9.17) is 14.7 Å². The van der Waals surface area contributed by atoms with Gasteiger partial charge >= 0.3 is 8.60 Å². The van der Waals surface area contributed by atoms with Gasteiger partial charge in [0, 0.05) is 0 Å². The van der Waals surface area contributed by atoms with Crippen molar-refractivity contribution in [3.8, 4) is 0 Å². The summed E-state index contributed by atoms with van der Waals surface area (Å²) in [6.07, 6.45) is 8.88. The van der Waals surface area contributed by atoms with Crippen LogP contribution in [0.1, 0.15) is 0 Å². The second-order valence-electron chi connectivity index (χ2n) is 2.22. The fourth-order valence-electron chi connectivity index (χ4n) is 0.500. The first-order chi connectivity index (χ1) is 9.23. The SMILES string of the molecule is OP(O)O.c1nc[nH]n1.c1nc[nH]n1.c1nc[nH]n1. The van der Waals surface area contributed by atoms with Gasteiger partial charge in [0.1, 0.15) is 38.0 Å². The van der Waals surface area contributed by atoms with Crippen LogP contribution in [-0.2, 0) is 0 Å². The lowest BCUT2D eigenvalue weighted by atomic mass is 11.3. The molecule has 12 nitrogen and oxygen atoms in total. The molecule has 0 aliphatic heterocycles. The Morgan fingerprint density at radius 1 is 0.632 bits per heavy atom. The van der Waals surface area contributed by atoms with Crippen LogP contribution >= 0.6 is 8.60 Å². The van der Waals surface area contributed by atoms with Crippen LogP contribution in [0.4, 0.5) is 0 Å². The van der Waals surface area contributed by atoms with Crippen molar-refractivity contribution in [3.63, 3.8) is 0 Å². The quantitative estimate of drug-likeness (QED) is 0.271. The molecule has 0 bridgehead atoms. The van der Waals surface area contributed by atoms with Gasteiger partial charge < -0.3 is 14.7 Å². The van der Waals surface area contributed by atoms with Gasteiger partial charge in [-0.2, -0.15) is 15.3 Å². The van der Waals surface area contributed by atoms with Crippen LogP contribution in [-0.4, -0.2) is 60.2 Å². The van der Waals surface area contributed by atoms with E-state index in [0.717, 1.165) is 0 Å². The molecule has 13 heteroatoms. The summed E-state index contributed by atoms with van der Waals surface area (Å²) in [5.41, 5.74) is 0. The summed E-state index contributed by atoms with van der Waals surface area (Å²) in [7, 11) is -2.62. The molecular formula is C6H12N9O3P. The first-order valence-corrected chi connectivity index (χ1v) is 5.66. The summed E-state index contributed by atoms with van der Waals surface area (Å²) in [4.78, 5) is 32.4. The first kappa shape index (κ1) is 16.7. The van der Waals surface area contributed by atoms with E-state index < -0.39 is 8.60 Å². The molecule has 104 valence electrons. The topological polar surface area (TPSA) is 185 Å².